The molecule has 22 heteroatoms. The van der Waals surface area contributed by atoms with Crippen LogP contribution in [0, 0.1) is 0 Å². The number of pyridine rings is 1. The van der Waals surface area contributed by atoms with Crippen LogP contribution in [0.15, 0.2) is 38.9 Å². The van der Waals surface area contributed by atoms with Crippen LogP contribution < -0.4 is 26.9 Å². The molecule has 0 radical (unpaired) electrons. The van der Waals surface area contributed by atoms with Crippen LogP contribution in [0.4, 0.5) is 5.13 Å². The van der Waals surface area contributed by atoms with E-state index in [4.69, 9.17) is 22.2 Å². The Morgan fingerprint density at radius 2 is 1.93 bits per heavy atom. The molecule has 3 amide bonds. The average Bonchev–Trinajstić information content (AvgIpc) is 3.79. The number of phenolic OH excluding ortho intramolecular Hbond substituents is 2. The molecule has 56 heavy (non-hydrogen) atoms. The molecule has 0 spiro atoms. The van der Waals surface area contributed by atoms with E-state index in [0.29, 0.717) is 29.7 Å². The first-order chi connectivity index (χ1) is 26.4. The van der Waals surface area contributed by atoms with Crippen molar-refractivity contribution in [2.24, 2.45) is 5.16 Å². The molecular weight excluding hydrogens is 796 g/mol. The SMILES string of the molecule is C[C@@H]1S[C@@H]2[C@H](NC(=O)/C(=N\OC(C)(C)C(=O)O)c3csc(N)n3)C(=O)N2C(C(=O)[O-])=C1C[N+]1(CCNC(=O)c2c[nH]c3cc(O)c(O)c(Cl)c3c2=O)CCCC1. The molecule has 3 aliphatic heterocycles. The molecule has 1 aromatic carbocycles. The summed E-state index contributed by atoms with van der Waals surface area (Å²) in [7, 11) is 0. The highest BCUT2D eigenvalue weighted by Crippen LogP contribution is 2.45. The maximum Gasteiger partial charge on any atom is 0.350 e. The molecule has 3 aromatic rings. The normalized spacial score (nSPS) is 20.7. The van der Waals surface area contributed by atoms with Gasteiger partial charge in [0.2, 0.25) is 11.0 Å². The van der Waals surface area contributed by atoms with Gasteiger partial charge in [-0.15, -0.1) is 23.1 Å². The number of aromatic amines is 1. The zero-order valence-corrected chi connectivity index (χ0v) is 32.5. The number of H-pyrrole nitrogens is 1. The maximum atomic E-state index is 13.6. The first-order valence-electron chi connectivity index (χ1n) is 17.2. The fraction of sp³-hybridized carbons (Fsp3) is 0.412. The Balaban J connectivity index is 1.18. The molecular formula is C34H37ClN8O11S2. The number of halogens is 1. The number of amides is 3. The number of aromatic hydroxyl groups is 2. The number of fused-ring (bicyclic) bond motifs is 2. The first-order valence-corrected chi connectivity index (χ1v) is 19.4. The lowest BCUT2D eigenvalue weighted by Gasteiger charge is -2.53. The smallest absolute Gasteiger partial charge is 0.350 e. The topological polar surface area (TPSA) is 290 Å². The summed E-state index contributed by atoms with van der Waals surface area (Å²) in [4.78, 5) is 90.8. The number of benzene rings is 1. The molecule has 6 rings (SSSR count). The van der Waals surface area contributed by atoms with Gasteiger partial charge in [0, 0.05) is 41.3 Å². The molecule has 8 N–H and O–H groups in total. The molecule has 19 nitrogen and oxygen atoms in total. The van der Waals surface area contributed by atoms with E-state index >= 15 is 0 Å². The Labute approximate surface area is 330 Å². The number of β-lactam (4-membered cyclic amide) rings is 1. The van der Waals surface area contributed by atoms with Crippen molar-refractivity contribution in [3.8, 4) is 11.5 Å². The number of nitrogens with one attached hydrogen (secondary N) is 3. The third-order valence-electron chi connectivity index (χ3n) is 9.96. The Bertz CT molecular complexity index is 2280. The van der Waals surface area contributed by atoms with Crippen LogP contribution in [-0.4, -0.2) is 125 Å². The zero-order chi connectivity index (χ0) is 40.9. The zero-order valence-electron chi connectivity index (χ0n) is 30.1. The predicted molar refractivity (Wildman–Crippen MR) is 202 cm³/mol. The second-order valence-electron chi connectivity index (χ2n) is 14.1. The third-order valence-corrected chi connectivity index (χ3v) is 12.5. The minimum absolute atomic E-state index is 0.0252. The number of likely N-dealkylation sites (tertiary alicyclic amines) is 1. The number of thioether (sulfide) groups is 1. The Hall–Kier alpha value is -5.38. The highest BCUT2D eigenvalue weighted by atomic mass is 35.5. The van der Waals surface area contributed by atoms with E-state index in [1.165, 1.54) is 37.2 Å². The van der Waals surface area contributed by atoms with Crippen LogP contribution in [0.3, 0.4) is 0 Å². The van der Waals surface area contributed by atoms with Crippen molar-refractivity contribution in [3.05, 3.63) is 55.4 Å². The monoisotopic (exact) mass is 832 g/mol. The van der Waals surface area contributed by atoms with Crippen molar-refractivity contribution in [3.63, 3.8) is 0 Å². The van der Waals surface area contributed by atoms with Gasteiger partial charge in [0.15, 0.2) is 22.3 Å². The van der Waals surface area contributed by atoms with Gasteiger partial charge in [0.25, 0.3) is 17.7 Å². The van der Waals surface area contributed by atoms with E-state index in [9.17, 15) is 49.2 Å². The number of anilines is 1. The summed E-state index contributed by atoms with van der Waals surface area (Å²) in [6.45, 7) is 6.19. The number of quaternary nitrogens is 1. The van der Waals surface area contributed by atoms with E-state index < -0.39 is 79.6 Å². The van der Waals surface area contributed by atoms with Gasteiger partial charge < -0.3 is 55.9 Å². The number of phenols is 2. The molecule has 2 saturated heterocycles. The van der Waals surface area contributed by atoms with Gasteiger partial charge in [-0.1, -0.05) is 16.8 Å². The summed E-state index contributed by atoms with van der Waals surface area (Å²) >= 11 is 8.36. The number of nitrogen functional groups attached to an aromatic ring is 1. The van der Waals surface area contributed by atoms with Gasteiger partial charge in [-0.05, 0) is 20.8 Å². The summed E-state index contributed by atoms with van der Waals surface area (Å²) in [5, 5.41) is 50.7. The van der Waals surface area contributed by atoms with Crippen molar-refractivity contribution in [1.29, 1.82) is 0 Å². The van der Waals surface area contributed by atoms with E-state index in [2.05, 4.69) is 25.8 Å². The summed E-state index contributed by atoms with van der Waals surface area (Å²) in [6, 6.07) is -0.0742. The highest BCUT2D eigenvalue weighted by molar-refractivity contribution is 8.00. The lowest BCUT2D eigenvalue weighted by atomic mass is 9.99. The van der Waals surface area contributed by atoms with E-state index in [-0.39, 0.29) is 46.1 Å². The standard InChI is InChI=1S/C34H37ClN8O11S2/c1-14-16(12-43(7-4-5-8-43)9-6-37-27(47)15-11-38-17-10-19(44)26(46)21(35)20(17)25(15)45)24(31(50)51)42-29(49)23(30(42)56-14)40-28(48)22(18-13-55-33(36)39-18)41-54-34(2,3)32(52)53/h10-11,13-14,23,30H,4-9,12H2,1-3H3,(H8-,36,37,38,39,40,41,44,45,46,47,48,50,51,52,53)/t14-,23+,30+/m0/s1. The average molecular weight is 833 g/mol. The fourth-order valence-corrected chi connectivity index (χ4v) is 9.14. The van der Waals surface area contributed by atoms with Crippen molar-refractivity contribution in [2.45, 2.75) is 55.9 Å². The number of hydrogen-bond donors (Lipinski definition) is 7. The fourth-order valence-electron chi connectivity index (χ4n) is 6.87. The number of thiazole rings is 1. The summed E-state index contributed by atoms with van der Waals surface area (Å²) in [5.41, 5.74) is 2.69. The van der Waals surface area contributed by atoms with Gasteiger partial charge in [0.1, 0.15) is 29.2 Å². The number of nitrogens with two attached hydrogens (primary N) is 1. The molecule has 3 aliphatic rings. The number of aliphatic carboxylic acids is 2. The van der Waals surface area contributed by atoms with E-state index in [0.717, 1.165) is 35.1 Å². The van der Waals surface area contributed by atoms with Crippen LogP contribution in [0.25, 0.3) is 10.9 Å². The number of nitrogens with zero attached hydrogens (tertiary/aromatic N) is 4. The lowest BCUT2D eigenvalue weighted by molar-refractivity contribution is -0.911. The molecule has 0 unspecified atom stereocenters. The van der Waals surface area contributed by atoms with Crippen molar-refractivity contribution in [2.75, 3.05) is 38.5 Å². The van der Waals surface area contributed by atoms with Crippen LogP contribution in [-0.2, 0) is 24.0 Å². The summed E-state index contributed by atoms with van der Waals surface area (Å²) in [5.74, 6) is -6.52. The molecule has 3 atom stereocenters. The Morgan fingerprint density at radius 1 is 1.23 bits per heavy atom. The maximum absolute atomic E-state index is 13.6. The van der Waals surface area contributed by atoms with Gasteiger partial charge in [-0.2, -0.15) is 0 Å². The number of rotatable bonds is 13. The molecule has 0 bridgehead atoms. The van der Waals surface area contributed by atoms with Crippen LogP contribution in [0.2, 0.25) is 5.02 Å². The van der Waals surface area contributed by atoms with E-state index in [1.54, 1.807) is 6.92 Å². The molecule has 2 aromatic heterocycles. The molecule has 2 fully saturated rings. The third kappa shape index (κ3) is 7.45. The summed E-state index contributed by atoms with van der Waals surface area (Å²) in [6.07, 6.45) is 2.82. The molecule has 0 saturated carbocycles. The molecule has 5 heterocycles. The minimum atomic E-state index is -1.82. The largest absolute Gasteiger partial charge is 0.543 e. The quantitative estimate of drug-likeness (QED) is 0.0394. The van der Waals surface area contributed by atoms with Crippen LogP contribution in [0.5, 0.6) is 11.5 Å². The molecule has 298 valence electrons. The van der Waals surface area contributed by atoms with Crippen molar-refractivity contribution >= 4 is 86.1 Å². The van der Waals surface area contributed by atoms with Gasteiger partial charge in [-0.25, -0.2) is 9.78 Å². The predicted octanol–water partition coefficient (Wildman–Crippen LogP) is 0.0483. The number of carbonyl (C=O) groups excluding carboxylic acids is 4. The highest BCUT2D eigenvalue weighted by Gasteiger charge is 2.55. The van der Waals surface area contributed by atoms with Crippen LogP contribution >= 0.6 is 34.7 Å². The van der Waals surface area contributed by atoms with Crippen LogP contribution in [0.1, 0.15) is 49.7 Å². The van der Waals surface area contributed by atoms with E-state index in [1.807, 2.05) is 0 Å². The number of oxime groups is 1. The van der Waals surface area contributed by atoms with Gasteiger partial charge in [-0.3, -0.25) is 24.1 Å². The number of carboxylic acid groups (broad SMARTS) is 2. The number of hydrogen-bond acceptors (Lipinski definition) is 15. The first kappa shape index (κ1) is 40.3. The number of carbonyl (C=O) groups is 5. The number of carboxylic acids is 2. The number of aromatic nitrogens is 2. The van der Waals surface area contributed by atoms with Crippen molar-refractivity contribution < 1.29 is 53.7 Å². The summed E-state index contributed by atoms with van der Waals surface area (Å²) < 4.78 is 0.375. The Morgan fingerprint density at radius 3 is 2.55 bits per heavy atom. The van der Waals surface area contributed by atoms with Crippen molar-refractivity contribution in [1.82, 2.24) is 25.5 Å². The molecule has 0 aliphatic carbocycles. The lowest BCUT2D eigenvalue weighted by Crippen LogP contribution is -2.72. The second kappa shape index (κ2) is 15.3. The van der Waals surface area contributed by atoms with Gasteiger partial charge >= 0.3 is 5.97 Å². The minimum Gasteiger partial charge on any atom is -0.543 e. The second-order valence-corrected chi connectivity index (χ2v) is 16.8. The Kier molecular flexibility index (Phi) is 11.0. The van der Waals surface area contributed by atoms with Gasteiger partial charge in [0.05, 0.1) is 53.8 Å².